The molecule has 0 unspecified atom stereocenters. The second-order valence-electron chi connectivity index (χ2n) is 8.28. The highest BCUT2D eigenvalue weighted by Gasteiger charge is 2.47. The molecule has 0 bridgehead atoms. The van der Waals surface area contributed by atoms with Crippen LogP contribution < -0.4 is 14.7 Å². The molecule has 2 aromatic carbocycles. The van der Waals surface area contributed by atoms with Crippen LogP contribution in [0.2, 0.25) is 5.02 Å². The average Bonchev–Trinajstić information content (AvgIpc) is 2.99. The van der Waals surface area contributed by atoms with E-state index < -0.39 is 0 Å². The molecule has 2 aromatic rings. The number of anilines is 1. The van der Waals surface area contributed by atoms with Gasteiger partial charge in [-0.15, -0.1) is 0 Å². The van der Waals surface area contributed by atoms with Crippen molar-refractivity contribution in [2.75, 3.05) is 31.1 Å². The number of hydrogen-bond acceptors (Lipinski definition) is 2. The van der Waals surface area contributed by atoms with Crippen LogP contribution in [0.15, 0.2) is 42.5 Å². The SMILES string of the molecule is Cc1cccc(C[NH+]2CC[NH+]([C@H]3CC(=O)N(c4cccc(Cl)c4C)C3=O)CC2)c1. The van der Waals surface area contributed by atoms with Crippen molar-refractivity contribution in [2.24, 2.45) is 0 Å². The Bertz CT molecular complexity index is 937. The number of aryl methyl sites for hydroxylation is 1. The Kier molecular flexibility index (Phi) is 5.72. The number of nitrogens with zero attached hydrogens (tertiary/aromatic N) is 1. The van der Waals surface area contributed by atoms with E-state index in [9.17, 15) is 9.59 Å². The topological polar surface area (TPSA) is 46.3 Å². The van der Waals surface area contributed by atoms with Gasteiger partial charge >= 0.3 is 0 Å². The minimum Gasteiger partial charge on any atom is -0.322 e. The van der Waals surface area contributed by atoms with E-state index in [4.69, 9.17) is 11.6 Å². The molecule has 29 heavy (non-hydrogen) atoms. The molecule has 2 saturated heterocycles. The molecule has 6 heteroatoms. The number of carbonyl (C=O) groups is 2. The van der Waals surface area contributed by atoms with Crippen molar-refractivity contribution in [1.29, 1.82) is 0 Å². The lowest BCUT2D eigenvalue weighted by Gasteiger charge is -2.32. The Morgan fingerprint density at radius 1 is 1.03 bits per heavy atom. The van der Waals surface area contributed by atoms with Gasteiger partial charge in [-0.25, -0.2) is 4.90 Å². The molecule has 2 aliphatic heterocycles. The largest absolute Gasteiger partial charge is 0.322 e. The fourth-order valence-corrected chi connectivity index (χ4v) is 4.77. The zero-order chi connectivity index (χ0) is 20.5. The van der Waals surface area contributed by atoms with Gasteiger partial charge in [0.1, 0.15) is 32.7 Å². The Morgan fingerprint density at radius 3 is 2.48 bits per heavy atom. The highest BCUT2D eigenvalue weighted by atomic mass is 35.5. The minimum atomic E-state index is -0.276. The first-order chi connectivity index (χ1) is 13.9. The van der Waals surface area contributed by atoms with Crippen LogP contribution in [0.5, 0.6) is 0 Å². The van der Waals surface area contributed by atoms with E-state index in [1.54, 1.807) is 23.1 Å². The van der Waals surface area contributed by atoms with Crippen molar-refractivity contribution in [3.8, 4) is 0 Å². The van der Waals surface area contributed by atoms with Crippen molar-refractivity contribution >= 4 is 29.1 Å². The first-order valence-corrected chi connectivity index (χ1v) is 10.7. The molecule has 2 fully saturated rings. The molecule has 0 radical (unpaired) electrons. The smallest absolute Gasteiger partial charge is 0.292 e. The van der Waals surface area contributed by atoms with Gasteiger partial charge in [0.25, 0.3) is 5.91 Å². The van der Waals surface area contributed by atoms with Gasteiger partial charge in [0.15, 0.2) is 6.04 Å². The maximum atomic E-state index is 13.1. The Balaban J connectivity index is 1.41. The number of quaternary nitrogens is 2. The van der Waals surface area contributed by atoms with Crippen molar-refractivity contribution in [3.63, 3.8) is 0 Å². The first kappa shape index (κ1) is 20.1. The van der Waals surface area contributed by atoms with E-state index in [1.807, 2.05) is 6.92 Å². The molecule has 2 aliphatic rings. The quantitative estimate of drug-likeness (QED) is 0.720. The van der Waals surface area contributed by atoms with E-state index in [0.29, 0.717) is 10.7 Å². The summed E-state index contributed by atoms with van der Waals surface area (Å²) in [5.74, 6) is -0.204. The van der Waals surface area contributed by atoms with E-state index in [2.05, 4.69) is 31.2 Å². The third kappa shape index (κ3) is 4.08. The monoisotopic (exact) mass is 413 g/mol. The summed E-state index contributed by atoms with van der Waals surface area (Å²) < 4.78 is 0. The fourth-order valence-electron chi connectivity index (χ4n) is 4.60. The zero-order valence-electron chi connectivity index (χ0n) is 17.0. The normalized spacial score (nSPS) is 24.9. The van der Waals surface area contributed by atoms with Gasteiger partial charge in [-0.3, -0.25) is 9.59 Å². The zero-order valence-corrected chi connectivity index (χ0v) is 17.8. The highest BCUT2D eigenvalue weighted by Crippen LogP contribution is 2.29. The number of amides is 2. The van der Waals surface area contributed by atoms with Crippen LogP contribution in [0.1, 0.15) is 23.1 Å². The van der Waals surface area contributed by atoms with Gasteiger partial charge < -0.3 is 9.80 Å². The lowest BCUT2D eigenvalue weighted by atomic mass is 10.1. The Hall–Kier alpha value is -2.21. The molecular formula is C23H28ClN3O2+2. The number of imide groups is 1. The standard InChI is InChI=1S/C23H26ClN3O2/c1-16-5-3-6-18(13-16)15-25-9-11-26(12-10-25)21-14-22(28)27(23(21)29)20-8-4-7-19(24)17(20)2/h3-8,13,21H,9-12,14-15H2,1-2H3/p+2/t21-/m0/s1. The molecule has 5 nitrogen and oxygen atoms in total. The summed E-state index contributed by atoms with van der Waals surface area (Å²) in [4.78, 5) is 29.9. The number of benzene rings is 2. The van der Waals surface area contributed by atoms with Gasteiger partial charge in [0.2, 0.25) is 5.91 Å². The number of rotatable bonds is 4. The molecule has 2 heterocycles. The molecule has 1 atom stereocenters. The number of halogens is 1. The van der Waals surface area contributed by atoms with Crippen molar-refractivity contribution in [3.05, 3.63) is 64.2 Å². The van der Waals surface area contributed by atoms with Crippen LogP contribution in [-0.2, 0) is 16.1 Å². The molecule has 2 amide bonds. The summed E-state index contributed by atoms with van der Waals surface area (Å²) >= 11 is 6.21. The highest BCUT2D eigenvalue weighted by molar-refractivity contribution is 6.32. The molecule has 4 rings (SSSR count). The maximum Gasteiger partial charge on any atom is 0.292 e. The fraction of sp³-hybridized carbons (Fsp3) is 0.391. The average molecular weight is 414 g/mol. The summed E-state index contributed by atoms with van der Waals surface area (Å²) in [6.07, 6.45) is 0.285. The number of nitrogens with one attached hydrogen (secondary N) is 2. The van der Waals surface area contributed by atoms with Gasteiger partial charge in [-0.1, -0.05) is 47.5 Å². The second-order valence-corrected chi connectivity index (χ2v) is 8.69. The molecule has 152 valence electrons. The third-order valence-electron chi connectivity index (χ3n) is 6.26. The van der Waals surface area contributed by atoms with Crippen molar-refractivity contribution < 1.29 is 19.4 Å². The number of piperazine rings is 1. The van der Waals surface area contributed by atoms with Gasteiger partial charge in [0, 0.05) is 10.6 Å². The predicted molar refractivity (Wildman–Crippen MR) is 113 cm³/mol. The van der Waals surface area contributed by atoms with Crippen molar-refractivity contribution in [2.45, 2.75) is 32.9 Å². The molecule has 0 spiro atoms. The lowest BCUT2D eigenvalue weighted by molar-refractivity contribution is -1.02. The Labute approximate surface area is 176 Å². The van der Waals surface area contributed by atoms with Crippen LogP contribution in [-0.4, -0.2) is 44.0 Å². The van der Waals surface area contributed by atoms with Crippen molar-refractivity contribution in [1.82, 2.24) is 0 Å². The summed E-state index contributed by atoms with van der Waals surface area (Å²) in [5.41, 5.74) is 4.05. The van der Waals surface area contributed by atoms with E-state index in [1.165, 1.54) is 20.9 Å². The van der Waals surface area contributed by atoms with Crippen LogP contribution in [0, 0.1) is 13.8 Å². The van der Waals surface area contributed by atoms with Crippen LogP contribution in [0.3, 0.4) is 0 Å². The van der Waals surface area contributed by atoms with E-state index in [-0.39, 0.29) is 24.3 Å². The van der Waals surface area contributed by atoms with E-state index in [0.717, 1.165) is 38.3 Å². The summed E-state index contributed by atoms with van der Waals surface area (Å²) in [6, 6.07) is 13.8. The first-order valence-electron chi connectivity index (χ1n) is 10.3. The summed E-state index contributed by atoms with van der Waals surface area (Å²) in [6.45, 7) is 8.83. The molecular weight excluding hydrogens is 386 g/mol. The predicted octanol–water partition coefficient (Wildman–Crippen LogP) is 0.572. The lowest BCUT2D eigenvalue weighted by Crippen LogP contribution is -3.29. The van der Waals surface area contributed by atoms with Crippen LogP contribution >= 0.6 is 11.6 Å². The molecule has 0 aromatic heterocycles. The maximum absolute atomic E-state index is 13.1. The van der Waals surface area contributed by atoms with E-state index >= 15 is 0 Å². The summed E-state index contributed by atoms with van der Waals surface area (Å²) in [5, 5.41) is 0.576. The molecule has 0 saturated carbocycles. The van der Waals surface area contributed by atoms with Gasteiger partial charge in [0.05, 0.1) is 12.1 Å². The third-order valence-corrected chi connectivity index (χ3v) is 6.66. The van der Waals surface area contributed by atoms with Crippen LogP contribution in [0.4, 0.5) is 5.69 Å². The van der Waals surface area contributed by atoms with Gasteiger partial charge in [-0.05, 0) is 31.5 Å². The minimum absolute atomic E-state index is 0.0856. The molecule has 0 aliphatic carbocycles. The van der Waals surface area contributed by atoms with Crippen LogP contribution in [0.25, 0.3) is 0 Å². The van der Waals surface area contributed by atoms with Gasteiger partial charge in [-0.2, -0.15) is 0 Å². The number of carbonyl (C=O) groups excluding carboxylic acids is 2. The second kappa shape index (κ2) is 8.27. The summed E-state index contributed by atoms with van der Waals surface area (Å²) in [7, 11) is 0. The number of hydrogen-bond donors (Lipinski definition) is 2. The Morgan fingerprint density at radius 2 is 1.76 bits per heavy atom. The molecule has 2 N–H and O–H groups in total.